The Labute approximate surface area is 182 Å². The topological polar surface area (TPSA) is 115 Å². The second-order valence-electron chi connectivity index (χ2n) is 8.73. The van der Waals surface area contributed by atoms with E-state index >= 15 is 0 Å². The van der Waals surface area contributed by atoms with Crippen molar-refractivity contribution in [2.75, 3.05) is 7.11 Å². The molecule has 2 amide bonds. The minimum absolute atomic E-state index is 0.0930. The van der Waals surface area contributed by atoms with Gasteiger partial charge < -0.3 is 9.15 Å². The summed E-state index contributed by atoms with van der Waals surface area (Å²) in [6.45, 7) is 0. The van der Waals surface area contributed by atoms with E-state index in [1.807, 2.05) is 0 Å². The van der Waals surface area contributed by atoms with E-state index in [0.29, 0.717) is 34.7 Å². The van der Waals surface area contributed by atoms with Crippen molar-refractivity contribution < 1.29 is 23.7 Å². The first-order valence-electron chi connectivity index (χ1n) is 10.5. The predicted octanol–water partition coefficient (Wildman–Crippen LogP) is 3.25. The molecule has 9 heteroatoms. The highest BCUT2D eigenvalue weighted by molar-refractivity contribution is 6.06. The largest absolute Gasteiger partial charge is 0.496 e. The number of hydrogen-bond acceptors (Lipinski definition) is 7. The van der Waals surface area contributed by atoms with E-state index in [1.165, 1.54) is 31.5 Å². The molecule has 7 rings (SSSR count). The highest BCUT2D eigenvalue weighted by Crippen LogP contribution is 2.65. The number of furan rings is 1. The van der Waals surface area contributed by atoms with Crippen molar-refractivity contribution in [2.45, 2.75) is 6.42 Å². The van der Waals surface area contributed by atoms with E-state index in [0.717, 1.165) is 11.4 Å². The maximum atomic E-state index is 13.0. The van der Waals surface area contributed by atoms with Gasteiger partial charge in [-0.05, 0) is 48.3 Å². The number of allylic oxidation sites excluding steroid dienone is 2. The van der Waals surface area contributed by atoms with E-state index in [-0.39, 0.29) is 41.2 Å². The van der Waals surface area contributed by atoms with Crippen LogP contribution in [0.5, 0.6) is 5.75 Å². The third-order valence-electron chi connectivity index (χ3n) is 7.23. The summed E-state index contributed by atoms with van der Waals surface area (Å²) in [5, 5.41) is 16.3. The van der Waals surface area contributed by atoms with Gasteiger partial charge in [-0.3, -0.25) is 19.7 Å². The number of hydrazone groups is 1. The molecule has 0 spiro atoms. The summed E-state index contributed by atoms with van der Waals surface area (Å²) in [5.74, 6) is 1.33. The minimum atomic E-state index is -0.496. The molecule has 1 saturated heterocycles. The minimum Gasteiger partial charge on any atom is -0.496 e. The third-order valence-corrected chi connectivity index (χ3v) is 7.23. The Hall–Kier alpha value is -3.75. The lowest BCUT2D eigenvalue weighted by Gasteiger charge is -2.37. The zero-order valence-corrected chi connectivity index (χ0v) is 17.1. The first-order valence-corrected chi connectivity index (χ1v) is 10.5. The SMILES string of the molecule is COc1ccc([N+](=O)[O-])cc1-c1ccc(C=NN2C(=O)C3C4C=CC(C5CC45)C3C2=O)o1. The van der Waals surface area contributed by atoms with Gasteiger partial charge in [0.2, 0.25) is 0 Å². The highest BCUT2D eigenvalue weighted by atomic mass is 16.6. The summed E-state index contributed by atoms with van der Waals surface area (Å²) in [4.78, 5) is 36.6. The molecule has 1 aromatic heterocycles. The fourth-order valence-electron chi connectivity index (χ4n) is 5.74. The van der Waals surface area contributed by atoms with Crippen LogP contribution in [0.2, 0.25) is 0 Å². The van der Waals surface area contributed by atoms with Crippen LogP contribution in [0, 0.1) is 45.6 Å². The van der Waals surface area contributed by atoms with Crippen LogP contribution in [-0.2, 0) is 9.59 Å². The molecule has 2 heterocycles. The van der Waals surface area contributed by atoms with E-state index in [1.54, 1.807) is 12.1 Å². The molecule has 32 heavy (non-hydrogen) atoms. The number of nitro benzene ring substituents is 1. The second-order valence-corrected chi connectivity index (χ2v) is 8.73. The monoisotopic (exact) mass is 433 g/mol. The summed E-state index contributed by atoms with van der Waals surface area (Å²) < 4.78 is 11.0. The lowest BCUT2D eigenvalue weighted by atomic mass is 9.63. The third kappa shape index (κ3) is 2.60. The number of nitro groups is 1. The van der Waals surface area contributed by atoms with Crippen LogP contribution in [0.4, 0.5) is 5.69 Å². The second kappa shape index (κ2) is 6.62. The van der Waals surface area contributed by atoms with E-state index in [9.17, 15) is 19.7 Å². The average molecular weight is 433 g/mol. The Morgan fingerprint density at radius 1 is 1.12 bits per heavy atom. The molecule has 2 bridgehead atoms. The van der Waals surface area contributed by atoms with Crippen molar-refractivity contribution in [3.05, 3.63) is 58.4 Å². The summed E-state index contributed by atoms with van der Waals surface area (Å²) in [6, 6.07) is 7.47. The molecule has 6 unspecified atom stereocenters. The molecule has 1 aliphatic heterocycles. The number of nitrogens with zero attached hydrogens (tertiary/aromatic N) is 3. The fraction of sp³-hybridized carbons (Fsp3) is 0.348. The molecule has 162 valence electrons. The van der Waals surface area contributed by atoms with Crippen LogP contribution in [-0.4, -0.2) is 35.1 Å². The van der Waals surface area contributed by atoms with Crippen LogP contribution < -0.4 is 4.74 Å². The predicted molar refractivity (Wildman–Crippen MR) is 111 cm³/mol. The van der Waals surface area contributed by atoms with Crippen molar-refractivity contribution >= 4 is 23.7 Å². The van der Waals surface area contributed by atoms with Gasteiger partial charge in [-0.2, -0.15) is 10.1 Å². The van der Waals surface area contributed by atoms with Crippen molar-refractivity contribution in [1.82, 2.24) is 5.01 Å². The number of carbonyl (C=O) groups is 2. The lowest BCUT2D eigenvalue weighted by molar-refractivity contribution is -0.384. The Morgan fingerprint density at radius 3 is 2.44 bits per heavy atom. The van der Waals surface area contributed by atoms with Crippen LogP contribution in [0.3, 0.4) is 0 Å². The molecule has 2 saturated carbocycles. The molecule has 4 aliphatic carbocycles. The maximum absolute atomic E-state index is 13.0. The van der Waals surface area contributed by atoms with Gasteiger partial charge in [0.15, 0.2) is 0 Å². The van der Waals surface area contributed by atoms with Gasteiger partial charge in [0, 0.05) is 12.1 Å². The Kier molecular flexibility index (Phi) is 3.93. The summed E-state index contributed by atoms with van der Waals surface area (Å²) in [6.07, 6.45) is 6.67. The molecular weight excluding hydrogens is 414 g/mol. The smallest absolute Gasteiger partial charge is 0.270 e. The summed E-state index contributed by atoms with van der Waals surface area (Å²) in [5.41, 5.74) is 0.326. The molecule has 9 nitrogen and oxygen atoms in total. The number of non-ortho nitro benzene ring substituents is 1. The standard InChI is InChI=1S/C23H19N3O6/c1-31-18-6-2-11(26(29)30)8-17(18)19-7-3-12(32-19)10-24-25-22(27)20-13-4-5-14(16-9-15(13)16)21(20)23(25)28/h2-8,10,13-16,20-21H,9H2,1H3. The normalized spacial score (nSPS) is 31.8. The molecule has 0 radical (unpaired) electrons. The zero-order valence-electron chi connectivity index (χ0n) is 17.1. The van der Waals surface area contributed by atoms with Gasteiger partial charge in [-0.15, -0.1) is 0 Å². The Morgan fingerprint density at radius 2 is 1.81 bits per heavy atom. The van der Waals surface area contributed by atoms with Crippen molar-refractivity contribution in [3.63, 3.8) is 0 Å². The Balaban J connectivity index is 1.26. The van der Waals surface area contributed by atoms with E-state index in [2.05, 4.69) is 17.3 Å². The van der Waals surface area contributed by atoms with Crippen LogP contribution >= 0.6 is 0 Å². The fourth-order valence-corrected chi connectivity index (χ4v) is 5.74. The lowest BCUT2D eigenvalue weighted by Crippen LogP contribution is -2.40. The van der Waals surface area contributed by atoms with E-state index in [4.69, 9.17) is 9.15 Å². The molecular formula is C23H19N3O6. The van der Waals surface area contributed by atoms with Crippen LogP contribution in [0.15, 0.2) is 52.0 Å². The number of hydrogen-bond donors (Lipinski definition) is 0. The highest BCUT2D eigenvalue weighted by Gasteiger charge is 2.67. The average Bonchev–Trinajstić information content (AvgIpc) is 3.44. The molecule has 3 fully saturated rings. The van der Waals surface area contributed by atoms with Gasteiger partial charge in [0.05, 0.1) is 35.6 Å². The van der Waals surface area contributed by atoms with Crippen molar-refractivity contribution in [2.24, 2.45) is 40.6 Å². The molecule has 2 aromatic rings. The number of carbonyl (C=O) groups excluding carboxylic acids is 2. The quantitative estimate of drug-likeness (QED) is 0.235. The van der Waals surface area contributed by atoms with Crippen molar-refractivity contribution in [1.29, 1.82) is 0 Å². The number of methoxy groups -OCH3 is 1. The molecule has 5 aliphatic rings. The number of imide groups is 1. The van der Waals surface area contributed by atoms with Gasteiger partial charge in [-0.1, -0.05) is 12.2 Å². The number of ether oxygens (including phenoxy) is 1. The molecule has 6 atom stereocenters. The summed E-state index contributed by atoms with van der Waals surface area (Å²) in [7, 11) is 1.46. The van der Waals surface area contributed by atoms with Gasteiger partial charge in [0.1, 0.15) is 17.3 Å². The maximum Gasteiger partial charge on any atom is 0.270 e. The zero-order chi connectivity index (χ0) is 22.1. The van der Waals surface area contributed by atoms with Crippen LogP contribution in [0.25, 0.3) is 11.3 Å². The summed E-state index contributed by atoms with van der Waals surface area (Å²) >= 11 is 0. The number of amides is 2. The van der Waals surface area contributed by atoms with Gasteiger partial charge >= 0.3 is 0 Å². The first-order chi connectivity index (χ1) is 15.5. The molecule has 0 N–H and O–H groups in total. The first kappa shape index (κ1) is 19.0. The Bertz CT molecular complexity index is 1190. The van der Waals surface area contributed by atoms with Crippen molar-refractivity contribution in [3.8, 4) is 17.1 Å². The van der Waals surface area contributed by atoms with E-state index < -0.39 is 4.92 Å². The number of rotatable bonds is 5. The molecule has 1 aromatic carbocycles. The van der Waals surface area contributed by atoms with Gasteiger partial charge in [0.25, 0.3) is 17.5 Å². The van der Waals surface area contributed by atoms with Crippen LogP contribution in [0.1, 0.15) is 12.2 Å². The van der Waals surface area contributed by atoms with Gasteiger partial charge in [-0.25, -0.2) is 0 Å². The number of benzene rings is 1.